The Morgan fingerprint density at radius 3 is 2.12 bits per heavy atom. The molecule has 3 aliphatic rings. The fraction of sp³-hybridized carbons (Fsp3) is 0.452. The fourth-order valence-corrected chi connectivity index (χ4v) is 6.94. The maximum absolute atomic E-state index is 10.6. The molecule has 2 aromatic heterocycles. The number of anilines is 1. The van der Waals surface area contributed by atoms with E-state index in [0.29, 0.717) is 11.7 Å². The summed E-state index contributed by atoms with van der Waals surface area (Å²) in [6.45, 7) is 9.02. The minimum atomic E-state index is -5.08. The van der Waals surface area contributed by atoms with Gasteiger partial charge in [0.1, 0.15) is 5.52 Å². The number of fused-ring (bicyclic) bond motifs is 2. The van der Waals surface area contributed by atoms with Crippen LogP contribution in [-0.4, -0.2) is 112 Å². The predicted octanol–water partition coefficient (Wildman–Crippen LogP) is 6.18. The number of nitrogens with zero attached hydrogens (tertiary/aromatic N) is 6. The van der Waals surface area contributed by atoms with Gasteiger partial charge >= 0.3 is 24.3 Å². The van der Waals surface area contributed by atoms with Gasteiger partial charge < -0.3 is 20.0 Å². The zero-order valence-electron chi connectivity index (χ0n) is 26.4. The number of carboxylic acid groups (broad SMARTS) is 2. The van der Waals surface area contributed by atoms with Gasteiger partial charge in [0.15, 0.2) is 5.65 Å². The predicted molar refractivity (Wildman–Crippen MR) is 172 cm³/mol. The smallest absolute Gasteiger partial charge is 0.475 e. The molecule has 1 unspecified atom stereocenters. The molecule has 0 radical (unpaired) electrons. The molecule has 2 saturated heterocycles. The number of hydrogen-bond acceptors (Lipinski definition) is 9. The van der Waals surface area contributed by atoms with E-state index in [1.165, 1.54) is 46.8 Å². The summed E-state index contributed by atoms with van der Waals surface area (Å²) in [7, 11) is 2.22. The molecule has 0 spiro atoms. The largest absolute Gasteiger partial charge is 0.490 e. The lowest BCUT2D eigenvalue weighted by Gasteiger charge is -2.36. The summed E-state index contributed by atoms with van der Waals surface area (Å²) in [6.07, 6.45) is -1.71. The van der Waals surface area contributed by atoms with E-state index >= 15 is 0 Å². The molecule has 1 aromatic carbocycles. The number of alkyl halides is 6. The molecule has 4 heterocycles. The standard InChI is InChI=1S/C27H31ClN6S.2C2HF3O2/c1-3-18-12-19-13-21(35-22-14-23-27(31-16-22)30-6-5-29-23)15-24(25(19)26(18)28)34-7-4-20(17-34)33-10-8-32(2)9-11-33;2*3-2(4,5)1(6)7/h5-6,13-16,20H,3-4,7-12,17H2,1-2H3;2*(H,6,7). The first-order chi connectivity index (χ1) is 23.0. The fourth-order valence-electron chi connectivity index (χ4n) is 5.60. The first-order valence-electron chi connectivity index (χ1n) is 15.0. The number of benzene rings is 1. The topological polar surface area (TPSA) is 123 Å². The number of allylic oxidation sites excluding steroid dienone is 1. The van der Waals surface area contributed by atoms with Gasteiger partial charge in [-0.1, -0.05) is 30.3 Å². The van der Waals surface area contributed by atoms with Crippen molar-refractivity contribution in [2.75, 3.05) is 51.2 Å². The van der Waals surface area contributed by atoms with Gasteiger partial charge in [-0.15, -0.1) is 0 Å². The lowest BCUT2D eigenvalue weighted by atomic mass is 10.1. The van der Waals surface area contributed by atoms with Gasteiger partial charge in [-0.2, -0.15) is 26.3 Å². The summed E-state index contributed by atoms with van der Waals surface area (Å²) >= 11 is 8.72. The van der Waals surface area contributed by atoms with Crippen molar-refractivity contribution in [3.63, 3.8) is 0 Å². The van der Waals surface area contributed by atoms with Crippen molar-refractivity contribution in [2.45, 2.75) is 54.4 Å². The number of hydrogen-bond donors (Lipinski definition) is 2. The highest BCUT2D eigenvalue weighted by atomic mass is 35.5. The second-order valence-electron chi connectivity index (χ2n) is 11.4. The Balaban J connectivity index is 0.000000327. The van der Waals surface area contributed by atoms with Crippen molar-refractivity contribution in [3.05, 3.63) is 53.5 Å². The van der Waals surface area contributed by atoms with Crippen molar-refractivity contribution in [2.24, 2.45) is 0 Å². The molecule has 18 heteroatoms. The minimum absolute atomic E-state index is 0.619. The second kappa shape index (κ2) is 15.9. The molecule has 0 amide bonds. The first-order valence-corrected chi connectivity index (χ1v) is 16.2. The molecule has 0 saturated carbocycles. The van der Waals surface area contributed by atoms with Crippen LogP contribution >= 0.6 is 23.4 Å². The van der Waals surface area contributed by atoms with Crippen LogP contribution < -0.4 is 4.90 Å². The average molecular weight is 735 g/mol. The van der Waals surface area contributed by atoms with E-state index in [0.717, 1.165) is 54.5 Å². The summed E-state index contributed by atoms with van der Waals surface area (Å²) in [5, 5.41) is 15.2. The molecule has 0 bridgehead atoms. The Hall–Kier alpha value is -3.67. The van der Waals surface area contributed by atoms with Crippen LogP contribution in [0, 0.1) is 0 Å². The molecule has 1 aliphatic carbocycles. The number of halogens is 7. The molecule has 2 N–H and O–H groups in total. The average Bonchev–Trinajstić information content (AvgIpc) is 3.65. The second-order valence-corrected chi connectivity index (χ2v) is 13.0. The highest BCUT2D eigenvalue weighted by molar-refractivity contribution is 7.99. The van der Waals surface area contributed by atoms with E-state index in [4.69, 9.17) is 31.4 Å². The van der Waals surface area contributed by atoms with Crippen LogP contribution in [0.5, 0.6) is 0 Å². The molecular weight excluding hydrogens is 702 g/mol. The van der Waals surface area contributed by atoms with Crippen molar-refractivity contribution >= 4 is 57.2 Å². The third-order valence-electron chi connectivity index (χ3n) is 8.11. The number of rotatable bonds is 5. The Morgan fingerprint density at radius 1 is 0.918 bits per heavy atom. The number of piperazine rings is 1. The molecule has 266 valence electrons. The van der Waals surface area contributed by atoms with Gasteiger partial charge in [-0.05, 0) is 55.6 Å². The number of carboxylic acids is 2. The number of carbonyl (C=O) groups is 2. The lowest BCUT2D eigenvalue weighted by Crippen LogP contribution is -2.49. The Morgan fingerprint density at radius 2 is 1.53 bits per heavy atom. The summed E-state index contributed by atoms with van der Waals surface area (Å²) in [5.41, 5.74) is 6.76. The van der Waals surface area contributed by atoms with Crippen molar-refractivity contribution < 1.29 is 46.1 Å². The van der Waals surface area contributed by atoms with Gasteiger partial charge in [-0.25, -0.2) is 19.6 Å². The number of aliphatic carboxylic acids is 2. The Bertz CT molecular complexity index is 1680. The van der Waals surface area contributed by atoms with E-state index in [1.807, 2.05) is 6.20 Å². The van der Waals surface area contributed by atoms with E-state index in [9.17, 15) is 26.3 Å². The van der Waals surface area contributed by atoms with Crippen LogP contribution in [0.4, 0.5) is 32.0 Å². The SMILES string of the molecule is CCC1=C(Cl)c2c(cc(Sc3cnc4nccnc4c3)cc2N2CCC(N3CCN(C)CC3)C2)C1.O=C(O)C(F)(F)F.O=C(O)C(F)(F)F. The molecular formula is C31H33ClF6N6O4S. The molecule has 1 atom stereocenters. The van der Waals surface area contributed by atoms with Crippen LogP contribution in [0.15, 0.2) is 52.2 Å². The molecule has 49 heavy (non-hydrogen) atoms. The van der Waals surface area contributed by atoms with E-state index < -0.39 is 24.3 Å². The quantitative estimate of drug-likeness (QED) is 0.292. The Labute approximate surface area is 286 Å². The third-order valence-corrected chi connectivity index (χ3v) is 9.50. The normalized spacial score (nSPS) is 18.5. The summed E-state index contributed by atoms with van der Waals surface area (Å²) in [6, 6.07) is 7.37. The van der Waals surface area contributed by atoms with Crippen LogP contribution in [-0.2, 0) is 16.0 Å². The van der Waals surface area contributed by atoms with E-state index in [1.54, 1.807) is 24.2 Å². The maximum atomic E-state index is 10.6. The van der Waals surface area contributed by atoms with Gasteiger partial charge in [-0.3, -0.25) is 9.88 Å². The lowest BCUT2D eigenvalue weighted by molar-refractivity contribution is -0.193. The summed E-state index contributed by atoms with van der Waals surface area (Å²) in [4.78, 5) is 41.0. The highest BCUT2D eigenvalue weighted by Crippen LogP contribution is 2.46. The minimum Gasteiger partial charge on any atom is -0.475 e. The van der Waals surface area contributed by atoms with Crippen LogP contribution in [0.1, 0.15) is 30.9 Å². The molecule has 3 aromatic rings. The van der Waals surface area contributed by atoms with Gasteiger partial charge in [0.2, 0.25) is 0 Å². The zero-order chi connectivity index (χ0) is 36.1. The molecule has 6 rings (SSSR count). The zero-order valence-corrected chi connectivity index (χ0v) is 27.9. The van der Waals surface area contributed by atoms with Crippen LogP contribution in [0.25, 0.3) is 16.2 Å². The first kappa shape index (κ1) is 38.1. The van der Waals surface area contributed by atoms with Gasteiger partial charge in [0.25, 0.3) is 0 Å². The Kier molecular flexibility index (Phi) is 12.4. The highest BCUT2D eigenvalue weighted by Gasteiger charge is 2.39. The van der Waals surface area contributed by atoms with Crippen LogP contribution in [0.3, 0.4) is 0 Å². The van der Waals surface area contributed by atoms with Crippen molar-refractivity contribution in [1.82, 2.24) is 24.8 Å². The summed E-state index contributed by atoms with van der Waals surface area (Å²) in [5.74, 6) is -5.51. The van der Waals surface area contributed by atoms with Crippen molar-refractivity contribution in [1.29, 1.82) is 0 Å². The molecule has 2 aliphatic heterocycles. The number of aromatic nitrogens is 3. The van der Waals surface area contributed by atoms with E-state index in [2.05, 4.69) is 61.8 Å². The maximum Gasteiger partial charge on any atom is 0.490 e. The number of likely N-dealkylation sites (N-methyl/N-ethyl adjacent to an activating group) is 1. The third kappa shape index (κ3) is 9.95. The monoisotopic (exact) mass is 734 g/mol. The molecule has 2 fully saturated rings. The van der Waals surface area contributed by atoms with Gasteiger partial charge in [0.05, 0.1) is 0 Å². The van der Waals surface area contributed by atoms with Crippen molar-refractivity contribution in [3.8, 4) is 0 Å². The van der Waals surface area contributed by atoms with Gasteiger partial charge in [0, 0.05) is 90.0 Å². The number of pyridine rings is 1. The van der Waals surface area contributed by atoms with Crippen LogP contribution in [0.2, 0.25) is 0 Å². The molecule has 10 nitrogen and oxygen atoms in total. The van der Waals surface area contributed by atoms with E-state index in [-0.39, 0.29) is 0 Å². The summed E-state index contributed by atoms with van der Waals surface area (Å²) < 4.78 is 63.5.